The molecule has 0 aromatic carbocycles. The van der Waals surface area contributed by atoms with E-state index in [0.29, 0.717) is 28.5 Å². The van der Waals surface area contributed by atoms with Gasteiger partial charge in [0, 0.05) is 42.5 Å². The molecule has 0 radical (unpaired) electrons. The molecule has 1 N–H and O–H groups in total. The largest absolute Gasteiger partial charge is 0.309 e. The van der Waals surface area contributed by atoms with Crippen LogP contribution >= 0.6 is 11.3 Å². The topological polar surface area (TPSA) is 92.1 Å². The van der Waals surface area contributed by atoms with Gasteiger partial charge in [-0.15, -0.1) is 11.3 Å². The summed E-state index contributed by atoms with van der Waals surface area (Å²) in [5.41, 5.74) is 1.87. The Morgan fingerprint density at radius 2 is 1.88 bits per heavy atom. The zero-order chi connectivity index (χ0) is 23.7. The van der Waals surface area contributed by atoms with Crippen molar-refractivity contribution in [2.45, 2.75) is 58.5 Å². The highest BCUT2D eigenvalue weighted by atomic mass is 32.1. The number of aryl methyl sites for hydroxylation is 2. The number of nitrogens with zero attached hydrogens (tertiary/aromatic N) is 7. The minimum absolute atomic E-state index is 0.0530. The van der Waals surface area contributed by atoms with E-state index in [1.54, 1.807) is 16.9 Å². The minimum Gasteiger partial charge on any atom is -0.309 e. The lowest BCUT2D eigenvalue weighted by Crippen LogP contribution is -2.50. The number of aromatic nitrogens is 5. The van der Waals surface area contributed by atoms with Crippen LogP contribution in [0.15, 0.2) is 23.7 Å². The van der Waals surface area contributed by atoms with Crippen LogP contribution in [0.3, 0.4) is 0 Å². The molecule has 5 rings (SSSR count). The van der Waals surface area contributed by atoms with E-state index in [-0.39, 0.29) is 11.9 Å². The van der Waals surface area contributed by atoms with Crippen molar-refractivity contribution in [3.63, 3.8) is 0 Å². The number of carbonyl (C=O) groups is 1. The molecule has 0 aliphatic carbocycles. The van der Waals surface area contributed by atoms with Gasteiger partial charge in [0.1, 0.15) is 5.82 Å². The van der Waals surface area contributed by atoms with Crippen LogP contribution in [0.2, 0.25) is 0 Å². The van der Waals surface area contributed by atoms with Crippen LogP contribution in [0, 0.1) is 13.8 Å². The smallest absolute Gasteiger partial charge is 0.242 e. The molecule has 0 spiro atoms. The second kappa shape index (κ2) is 9.89. The van der Waals surface area contributed by atoms with Gasteiger partial charge < -0.3 is 10.2 Å². The Kier molecular flexibility index (Phi) is 6.71. The molecule has 9 nitrogen and oxygen atoms in total. The molecule has 180 valence electrons. The average Bonchev–Trinajstić information content (AvgIpc) is 3.61. The van der Waals surface area contributed by atoms with Gasteiger partial charge in [0.05, 0.1) is 11.7 Å². The van der Waals surface area contributed by atoms with Gasteiger partial charge in [-0.25, -0.2) is 19.6 Å². The second-order valence-corrected chi connectivity index (χ2v) is 10.2. The molecular formula is C24H32N8OS. The summed E-state index contributed by atoms with van der Waals surface area (Å²) in [4.78, 5) is 31.8. The highest BCUT2D eigenvalue weighted by molar-refractivity contribution is 7.13. The number of carbonyl (C=O) groups excluding carboxylic acids is 1. The van der Waals surface area contributed by atoms with Crippen LogP contribution in [-0.2, 0) is 4.79 Å². The van der Waals surface area contributed by atoms with Crippen LogP contribution in [0.25, 0.3) is 16.6 Å². The fraction of sp³-hybridized carbons (Fsp3) is 0.542. The van der Waals surface area contributed by atoms with Crippen molar-refractivity contribution >= 4 is 23.1 Å². The second-order valence-electron chi connectivity index (χ2n) is 9.29. The molecule has 2 saturated heterocycles. The Labute approximate surface area is 204 Å². The third kappa shape index (κ3) is 4.89. The van der Waals surface area contributed by atoms with Crippen molar-refractivity contribution in [2.75, 3.05) is 31.5 Å². The Morgan fingerprint density at radius 3 is 2.53 bits per heavy atom. The monoisotopic (exact) mass is 480 g/mol. The SMILES string of the molecule is Cc1cc(C)n(-c2cc(NC(=O)C(C)N3CCC(N4CCCC4)CC3)nc(-c3nccs3)n2)n1. The molecule has 34 heavy (non-hydrogen) atoms. The first kappa shape index (κ1) is 23.1. The van der Waals surface area contributed by atoms with Crippen molar-refractivity contribution in [3.8, 4) is 16.6 Å². The summed E-state index contributed by atoms with van der Waals surface area (Å²) < 4.78 is 1.77. The van der Waals surface area contributed by atoms with E-state index in [2.05, 4.69) is 35.2 Å². The Balaban J connectivity index is 1.32. The lowest BCUT2D eigenvalue weighted by molar-refractivity contribution is -0.121. The molecule has 1 atom stereocenters. The van der Waals surface area contributed by atoms with Gasteiger partial charge >= 0.3 is 0 Å². The third-order valence-corrected chi connectivity index (χ3v) is 7.67. The molecule has 2 aliphatic heterocycles. The van der Waals surface area contributed by atoms with E-state index < -0.39 is 0 Å². The van der Waals surface area contributed by atoms with Crippen LogP contribution < -0.4 is 5.32 Å². The lowest BCUT2D eigenvalue weighted by Gasteiger charge is -2.38. The standard InChI is InChI=1S/C24H32N8OS/c1-16-14-17(2)32(29-16)21-15-20(26-22(28-21)24-25-8-13-34-24)27-23(33)18(3)30-11-6-19(7-12-30)31-9-4-5-10-31/h8,13-15,18-19H,4-7,9-12H2,1-3H3,(H,26,27,28,33). The molecule has 0 bridgehead atoms. The van der Waals surface area contributed by atoms with Crippen LogP contribution in [-0.4, -0.2) is 78.7 Å². The fourth-order valence-corrected chi connectivity index (χ4v) is 5.61. The molecule has 0 saturated carbocycles. The van der Waals surface area contributed by atoms with Gasteiger partial charge in [-0.1, -0.05) is 0 Å². The van der Waals surface area contributed by atoms with E-state index in [4.69, 9.17) is 0 Å². The first-order chi connectivity index (χ1) is 16.5. The normalized spacial score (nSPS) is 18.9. The Hall–Kier alpha value is -2.69. The van der Waals surface area contributed by atoms with Gasteiger partial charge in [-0.3, -0.25) is 9.69 Å². The first-order valence-corrected chi connectivity index (χ1v) is 13.0. The molecule has 10 heteroatoms. The van der Waals surface area contributed by atoms with Gasteiger partial charge in [-0.2, -0.15) is 5.10 Å². The summed E-state index contributed by atoms with van der Waals surface area (Å²) >= 11 is 1.47. The average molecular weight is 481 g/mol. The number of rotatable bonds is 6. The fourth-order valence-electron chi connectivity index (χ4n) is 5.04. The minimum atomic E-state index is -0.227. The van der Waals surface area contributed by atoms with Gasteiger partial charge in [0.2, 0.25) is 5.91 Å². The number of amides is 1. The quantitative estimate of drug-likeness (QED) is 0.579. The van der Waals surface area contributed by atoms with E-state index in [1.165, 1.54) is 37.3 Å². The van der Waals surface area contributed by atoms with Gasteiger partial charge in [-0.05, 0) is 65.6 Å². The zero-order valence-electron chi connectivity index (χ0n) is 20.1. The number of piperidine rings is 1. The summed E-state index contributed by atoms with van der Waals surface area (Å²) in [5.74, 6) is 1.50. The van der Waals surface area contributed by atoms with E-state index in [0.717, 1.165) is 37.3 Å². The lowest BCUT2D eigenvalue weighted by atomic mass is 10.0. The molecule has 3 aromatic rings. The maximum atomic E-state index is 13.2. The summed E-state index contributed by atoms with van der Waals surface area (Å²) in [6.45, 7) is 10.3. The van der Waals surface area contributed by atoms with Crippen molar-refractivity contribution in [1.82, 2.24) is 34.5 Å². The Morgan fingerprint density at radius 1 is 1.12 bits per heavy atom. The summed E-state index contributed by atoms with van der Waals surface area (Å²) in [6, 6.07) is 4.22. The number of nitrogens with one attached hydrogen (secondary N) is 1. The molecule has 3 aromatic heterocycles. The molecule has 1 amide bonds. The summed E-state index contributed by atoms with van der Waals surface area (Å²) in [5, 5.41) is 10.2. The summed E-state index contributed by atoms with van der Waals surface area (Å²) in [7, 11) is 0. The highest BCUT2D eigenvalue weighted by Gasteiger charge is 2.30. The molecule has 2 fully saturated rings. The number of hydrogen-bond acceptors (Lipinski definition) is 8. The van der Waals surface area contributed by atoms with E-state index in [1.807, 2.05) is 32.2 Å². The first-order valence-electron chi connectivity index (χ1n) is 12.1. The maximum Gasteiger partial charge on any atom is 0.242 e. The van der Waals surface area contributed by atoms with E-state index in [9.17, 15) is 4.79 Å². The van der Waals surface area contributed by atoms with Crippen molar-refractivity contribution in [1.29, 1.82) is 0 Å². The third-order valence-electron chi connectivity index (χ3n) is 6.90. The van der Waals surface area contributed by atoms with Crippen LogP contribution in [0.4, 0.5) is 5.82 Å². The van der Waals surface area contributed by atoms with Gasteiger partial charge in [0.15, 0.2) is 16.6 Å². The highest BCUT2D eigenvalue weighted by Crippen LogP contribution is 2.24. The molecule has 5 heterocycles. The maximum absolute atomic E-state index is 13.2. The number of likely N-dealkylation sites (tertiary alicyclic amines) is 2. The molecular weight excluding hydrogens is 448 g/mol. The Bertz CT molecular complexity index is 1130. The van der Waals surface area contributed by atoms with Crippen molar-refractivity contribution in [2.24, 2.45) is 0 Å². The molecule has 2 aliphatic rings. The van der Waals surface area contributed by atoms with E-state index >= 15 is 0 Å². The van der Waals surface area contributed by atoms with Crippen molar-refractivity contribution in [3.05, 3.63) is 35.1 Å². The van der Waals surface area contributed by atoms with Crippen LogP contribution in [0.5, 0.6) is 0 Å². The molecule has 1 unspecified atom stereocenters. The number of hydrogen-bond donors (Lipinski definition) is 1. The number of anilines is 1. The van der Waals surface area contributed by atoms with Crippen molar-refractivity contribution < 1.29 is 4.79 Å². The summed E-state index contributed by atoms with van der Waals surface area (Å²) in [6.07, 6.45) is 6.62. The number of thiazole rings is 1. The zero-order valence-corrected chi connectivity index (χ0v) is 20.9. The predicted octanol–water partition coefficient (Wildman–Crippen LogP) is 3.29. The van der Waals surface area contributed by atoms with Crippen LogP contribution in [0.1, 0.15) is 44.0 Å². The van der Waals surface area contributed by atoms with Gasteiger partial charge in [0.25, 0.3) is 0 Å². The predicted molar refractivity (Wildman–Crippen MR) is 133 cm³/mol.